The normalized spacial score (nSPS) is 12.6. The molecule has 0 saturated heterocycles. The van der Waals surface area contributed by atoms with Crippen molar-refractivity contribution in [1.29, 1.82) is 0 Å². The van der Waals surface area contributed by atoms with Crippen molar-refractivity contribution in [2.45, 2.75) is 38.3 Å². The Balaban J connectivity index is 2.33. The monoisotopic (exact) mass is 240 g/mol. The van der Waals surface area contributed by atoms with E-state index in [1.54, 1.807) is 0 Å². The molecule has 7 heteroatoms. The molecule has 0 amide bonds. The van der Waals surface area contributed by atoms with E-state index in [1.807, 2.05) is 0 Å². The predicted molar refractivity (Wildman–Crippen MR) is 66.2 cm³/mol. The van der Waals surface area contributed by atoms with Crippen LogP contribution in [-0.4, -0.2) is 27.1 Å². The van der Waals surface area contributed by atoms with Gasteiger partial charge in [0.2, 0.25) is 5.95 Å². The van der Waals surface area contributed by atoms with Crippen LogP contribution in [-0.2, 0) is 6.54 Å². The Hall–Kier alpha value is -1.47. The van der Waals surface area contributed by atoms with Gasteiger partial charge in [-0.05, 0) is 32.2 Å². The molecule has 1 rings (SSSR count). The topological polar surface area (TPSA) is 126 Å². The highest BCUT2D eigenvalue weighted by Crippen LogP contribution is 2.02. The van der Waals surface area contributed by atoms with Gasteiger partial charge in [-0.2, -0.15) is 4.98 Å². The van der Waals surface area contributed by atoms with Gasteiger partial charge >= 0.3 is 5.69 Å². The first kappa shape index (κ1) is 13.6. The lowest BCUT2D eigenvalue weighted by molar-refractivity contribution is 0.490. The summed E-state index contributed by atoms with van der Waals surface area (Å²) in [4.78, 5) is 18.7. The zero-order valence-corrected chi connectivity index (χ0v) is 9.88. The van der Waals surface area contributed by atoms with Crippen molar-refractivity contribution in [1.82, 2.24) is 14.5 Å². The summed E-state index contributed by atoms with van der Waals surface area (Å²) in [6.45, 7) is 1.23. The van der Waals surface area contributed by atoms with Crippen molar-refractivity contribution >= 4 is 5.95 Å². The molecule has 0 aliphatic carbocycles. The van der Waals surface area contributed by atoms with Gasteiger partial charge in [0.05, 0.1) is 0 Å². The van der Waals surface area contributed by atoms with E-state index in [-0.39, 0.29) is 17.7 Å². The minimum Gasteiger partial charge on any atom is -0.368 e. The van der Waals surface area contributed by atoms with Gasteiger partial charge in [0.15, 0.2) is 0 Å². The summed E-state index contributed by atoms with van der Waals surface area (Å²) >= 11 is 0. The second kappa shape index (κ2) is 6.97. The maximum atomic E-state index is 11.4. The van der Waals surface area contributed by atoms with Gasteiger partial charge in [-0.25, -0.2) is 9.78 Å². The number of nitrogens with zero attached hydrogens (tertiary/aromatic N) is 3. The standard InChI is InChI=1S/C10H20N6O/c11-5-1-3-8(12)4-2-6-16-7-14-9(13)15-10(16)17/h7-8H,1-6,11-12H2,(H2,13,15,17). The summed E-state index contributed by atoms with van der Waals surface area (Å²) in [5.74, 6) is 0.00546. The predicted octanol–water partition coefficient (Wildman–Crippen LogP) is -0.933. The fourth-order valence-corrected chi connectivity index (χ4v) is 1.57. The van der Waals surface area contributed by atoms with Crippen LogP contribution in [0.1, 0.15) is 25.7 Å². The Kier molecular flexibility index (Phi) is 5.58. The average molecular weight is 240 g/mol. The van der Waals surface area contributed by atoms with E-state index in [4.69, 9.17) is 17.2 Å². The van der Waals surface area contributed by atoms with E-state index in [1.165, 1.54) is 10.9 Å². The summed E-state index contributed by atoms with van der Waals surface area (Å²) in [5, 5.41) is 0. The lowest BCUT2D eigenvalue weighted by Crippen LogP contribution is -2.26. The quantitative estimate of drug-likeness (QED) is 0.565. The molecular formula is C10H20N6O. The highest BCUT2D eigenvalue weighted by molar-refractivity contribution is 5.09. The summed E-state index contributed by atoms with van der Waals surface area (Å²) in [7, 11) is 0. The van der Waals surface area contributed by atoms with Crippen molar-refractivity contribution in [3.63, 3.8) is 0 Å². The van der Waals surface area contributed by atoms with Crippen LogP contribution in [0.2, 0.25) is 0 Å². The molecule has 7 nitrogen and oxygen atoms in total. The Morgan fingerprint density at radius 1 is 1.35 bits per heavy atom. The van der Waals surface area contributed by atoms with Gasteiger partial charge in [0.25, 0.3) is 0 Å². The Morgan fingerprint density at radius 2 is 2.06 bits per heavy atom. The first-order valence-corrected chi connectivity index (χ1v) is 5.78. The van der Waals surface area contributed by atoms with Crippen LogP contribution in [0.5, 0.6) is 0 Å². The van der Waals surface area contributed by atoms with Crippen LogP contribution in [0, 0.1) is 0 Å². The van der Waals surface area contributed by atoms with Crippen molar-refractivity contribution < 1.29 is 0 Å². The molecule has 1 aromatic heterocycles. The van der Waals surface area contributed by atoms with Gasteiger partial charge in [-0.1, -0.05) is 0 Å². The molecule has 0 fully saturated rings. The summed E-state index contributed by atoms with van der Waals surface area (Å²) in [6, 6.07) is 0.143. The first-order valence-electron chi connectivity index (χ1n) is 5.78. The number of aryl methyl sites for hydroxylation is 1. The molecule has 0 radical (unpaired) electrons. The number of nitrogen functional groups attached to an aromatic ring is 1. The minimum absolute atomic E-state index is 0.00546. The lowest BCUT2D eigenvalue weighted by Gasteiger charge is -2.10. The van der Waals surface area contributed by atoms with Crippen LogP contribution in [0.3, 0.4) is 0 Å². The summed E-state index contributed by atoms with van der Waals surface area (Å²) in [6.07, 6.45) is 4.95. The molecule has 96 valence electrons. The third-order valence-electron chi connectivity index (χ3n) is 2.54. The van der Waals surface area contributed by atoms with E-state index < -0.39 is 0 Å². The average Bonchev–Trinajstić information content (AvgIpc) is 2.29. The van der Waals surface area contributed by atoms with Crippen LogP contribution < -0.4 is 22.9 Å². The smallest absolute Gasteiger partial charge is 0.352 e. The lowest BCUT2D eigenvalue weighted by atomic mass is 10.1. The van der Waals surface area contributed by atoms with Gasteiger partial charge in [0.1, 0.15) is 6.33 Å². The molecule has 0 aliphatic heterocycles. The molecular weight excluding hydrogens is 220 g/mol. The second-order valence-corrected chi connectivity index (χ2v) is 4.02. The highest BCUT2D eigenvalue weighted by Gasteiger charge is 2.03. The number of rotatable bonds is 7. The Bertz CT molecular complexity index is 391. The van der Waals surface area contributed by atoms with Gasteiger partial charge in [-0.3, -0.25) is 4.57 Å². The molecule has 0 bridgehead atoms. The number of anilines is 1. The molecule has 0 saturated carbocycles. The van der Waals surface area contributed by atoms with Crippen LogP contribution in [0.25, 0.3) is 0 Å². The fourth-order valence-electron chi connectivity index (χ4n) is 1.57. The molecule has 0 spiro atoms. The summed E-state index contributed by atoms with van der Waals surface area (Å²) in [5.41, 5.74) is 16.2. The maximum Gasteiger partial charge on any atom is 0.352 e. The zero-order valence-electron chi connectivity index (χ0n) is 9.88. The van der Waals surface area contributed by atoms with E-state index in [9.17, 15) is 4.79 Å². The molecule has 1 atom stereocenters. The summed E-state index contributed by atoms with van der Waals surface area (Å²) < 4.78 is 1.44. The Morgan fingerprint density at radius 3 is 2.71 bits per heavy atom. The van der Waals surface area contributed by atoms with Crippen molar-refractivity contribution in [3.8, 4) is 0 Å². The number of nitrogens with two attached hydrogens (primary N) is 3. The van der Waals surface area contributed by atoms with Crippen molar-refractivity contribution in [2.75, 3.05) is 12.3 Å². The molecule has 0 aromatic carbocycles. The number of hydrogen-bond acceptors (Lipinski definition) is 6. The van der Waals surface area contributed by atoms with Crippen LogP contribution in [0.15, 0.2) is 11.1 Å². The number of hydrogen-bond donors (Lipinski definition) is 3. The first-order chi connectivity index (χ1) is 8.13. The van der Waals surface area contributed by atoms with E-state index in [2.05, 4.69) is 9.97 Å². The van der Waals surface area contributed by atoms with Crippen molar-refractivity contribution in [3.05, 3.63) is 16.8 Å². The molecule has 1 aromatic rings. The van der Waals surface area contributed by atoms with Gasteiger partial charge in [0, 0.05) is 12.6 Å². The fraction of sp³-hybridized carbons (Fsp3) is 0.700. The van der Waals surface area contributed by atoms with Crippen molar-refractivity contribution in [2.24, 2.45) is 11.5 Å². The van der Waals surface area contributed by atoms with E-state index in [0.29, 0.717) is 13.1 Å². The second-order valence-electron chi connectivity index (χ2n) is 4.02. The van der Waals surface area contributed by atoms with Gasteiger partial charge in [-0.15, -0.1) is 0 Å². The third-order valence-corrected chi connectivity index (χ3v) is 2.54. The van der Waals surface area contributed by atoms with Crippen LogP contribution >= 0.6 is 0 Å². The molecule has 1 unspecified atom stereocenters. The zero-order chi connectivity index (χ0) is 12.7. The van der Waals surface area contributed by atoms with E-state index >= 15 is 0 Å². The molecule has 17 heavy (non-hydrogen) atoms. The third kappa shape index (κ3) is 4.92. The van der Waals surface area contributed by atoms with E-state index in [0.717, 1.165) is 25.7 Å². The molecule has 0 aliphatic rings. The maximum absolute atomic E-state index is 11.4. The molecule has 6 N–H and O–H groups in total. The highest BCUT2D eigenvalue weighted by atomic mass is 16.1. The minimum atomic E-state index is -0.368. The largest absolute Gasteiger partial charge is 0.368 e. The van der Waals surface area contributed by atoms with Gasteiger partial charge < -0.3 is 17.2 Å². The number of aromatic nitrogens is 3. The SMILES string of the molecule is NCCCC(N)CCCn1cnc(N)nc1=O. The molecule has 1 heterocycles. The Labute approximate surface area is 100 Å². The van der Waals surface area contributed by atoms with Crippen LogP contribution in [0.4, 0.5) is 5.95 Å².